The van der Waals surface area contributed by atoms with Crippen molar-refractivity contribution in [3.63, 3.8) is 0 Å². The van der Waals surface area contributed by atoms with Gasteiger partial charge in [0.15, 0.2) is 0 Å². The van der Waals surface area contributed by atoms with Gasteiger partial charge in [-0.2, -0.15) is 0 Å². The lowest BCUT2D eigenvalue weighted by molar-refractivity contribution is 0.889. The van der Waals surface area contributed by atoms with Crippen LogP contribution in [-0.2, 0) is 12.8 Å². The van der Waals surface area contributed by atoms with E-state index in [4.69, 9.17) is 0 Å². The second-order valence-electron chi connectivity index (χ2n) is 5.84. The Morgan fingerprint density at radius 2 is 1.71 bits per heavy atom. The van der Waals surface area contributed by atoms with Gasteiger partial charge in [0.1, 0.15) is 0 Å². The summed E-state index contributed by atoms with van der Waals surface area (Å²) in [5.74, 6) is 0. The van der Waals surface area contributed by atoms with Crippen molar-refractivity contribution >= 4 is 12.2 Å². The molecule has 0 fully saturated rings. The van der Waals surface area contributed by atoms with Gasteiger partial charge in [0.05, 0.1) is 16.6 Å². The van der Waals surface area contributed by atoms with Gasteiger partial charge in [-0.15, -0.1) is 0 Å². The minimum absolute atomic E-state index is 0.106. The molecule has 2 aromatic carbocycles. The average Bonchev–Trinajstić information content (AvgIpc) is 3.18. The third-order valence-electron chi connectivity index (χ3n) is 4.19. The van der Waals surface area contributed by atoms with Gasteiger partial charge in [0.25, 0.3) is 5.56 Å². The van der Waals surface area contributed by atoms with E-state index in [2.05, 4.69) is 27.3 Å². The average molecular weight is 315 g/mol. The smallest absolute Gasteiger partial charge is 0.271 e. The van der Waals surface area contributed by atoms with E-state index in [0.717, 1.165) is 34.8 Å². The highest BCUT2D eigenvalue weighted by Crippen LogP contribution is 2.12. The number of fused-ring (bicyclic) bond motifs is 1. The summed E-state index contributed by atoms with van der Waals surface area (Å²) < 4.78 is 0. The fourth-order valence-electron chi connectivity index (χ4n) is 2.93. The molecule has 0 bridgehead atoms. The van der Waals surface area contributed by atoms with E-state index in [-0.39, 0.29) is 5.56 Å². The summed E-state index contributed by atoms with van der Waals surface area (Å²) in [5.41, 5.74) is 3.53. The summed E-state index contributed by atoms with van der Waals surface area (Å²) in [7, 11) is 0. The molecule has 3 aromatic rings. The van der Waals surface area contributed by atoms with Crippen molar-refractivity contribution in [1.82, 2.24) is 10.2 Å². The van der Waals surface area contributed by atoms with Crippen molar-refractivity contribution < 1.29 is 0 Å². The Labute approximate surface area is 138 Å². The molecule has 0 spiro atoms. The number of allylic oxidation sites excluding steroid dienone is 1. The molecule has 1 aliphatic rings. The number of aromatic nitrogens is 2. The third kappa shape index (κ3) is 2.86. The van der Waals surface area contributed by atoms with Gasteiger partial charge in [-0.05, 0) is 36.6 Å². The summed E-state index contributed by atoms with van der Waals surface area (Å²) in [6, 6.07) is 18.2. The first-order valence-corrected chi connectivity index (χ1v) is 8.00. The van der Waals surface area contributed by atoms with E-state index in [1.807, 2.05) is 54.6 Å². The number of aryl methyl sites for hydroxylation is 2. The fraction of sp³-hybridized carbons (Fsp3) is 0.100. The summed E-state index contributed by atoms with van der Waals surface area (Å²) >= 11 is 0. The van der Waals surface area contributed by atoms with Gasteiger partial charge in [-0.3, -0.25) is 9.89 Å². The molecule has 2 N–H and O–H groups in total. The Kier molecular flexibility index (Phi) is 3.71. The molecule has 4 nitrogen and oxygen atoms in total. The van der Waals surface area contributed by atoms with Crippen molar-refractivity contribution in [2.75, 3.05) is 0 Å². The molecule has 0 atom stereocenters. The van der Waals surface area contributed by atoms with Gasteiger partial charge in [-0.1, -0.05) is 48.5 Å². The second kappa shape index (κ2) is 6.16. The number of nitrogens with zero attached hydrogens (tertiary/aromatic N) is 1. The Hall–Kier alpha value is -3.14. The highest BCUT2D eigenvalue weighted by atomic mass is 16.1. The molecule has 0 saturated heterocycles. The van der Waals surface area contributed by atoms with Crippen LogP contribution >= 0.6 is 0 Å². The maximum atomic E-state index is 12.1. The monoisotopic (exact) mass is 315 g/mol. The molecule has 0 unspecified atom stereocenters. The van der Waals surface area contributed by atoms with E-state index in [1.54, 1.807) is 0 Å². The van der Waals surface area contributed by atoms with E-state index in [0.29, 0.717) is 5.56 Å². The highest BCUT2D eigenvalue weighted by Gasteiger charge is 2.10. The van der Waals surface area contributed by atoms with E-state index in [1.165, 1.54) is 5.56 Å². The Morgan fingerprint density at radius 1 is 0.917 bits per heavy atom. The molecule has 4 heteroatoms. The number of nitrogens with one attached hydrogen (secondary N) is 2. The molecule has 4 rings (SSSR count). The van der Waals surface area contributed by atoms with Gasteiger partial charge in [0, 0.05) is 10.9 Å². The zero-order valence-electron chi connectivity index (χ0n) is 13.1. The Balaban J connectivity index is 1.63. The summed E-state index contributed by atoms with van der Waals surface area (Å²) in [6.07, 6.45) is 5.51. The molecule has 0 saturated carbocycles. The number of para-hydroxylation sites is 1. The minimum Gasteiger partial charge on any atom is -0.302 e. The van der Waals surface area contributed by atoms with E-state index < -0.39 is 0 Å². The standard InChI is InChI=1S/C20H17N3O/c24-20-17(13-16-12-15-8-4-5-9-18(15)21-16)19(22-23-20)11-10-14-6-2-1-3-7-14/h1-9,12-13H,10-11H2,(H2,22,23,24). The van der Waals surface area contributed by atoms with Gasteiger partial charge in [-0.25, -0.2) is 4.99 Å². The molecule has 1 aliphatic heterocycles. The number of benzene rings is 2. The normalized spacial score (nSPS) is 14.2. The van der Waals surface area contributed by atoms with Crippen LogP contribution in [-0.4, -0.2) is 10.2 Å². The fourth-order valence-corrected chi connectivity index (χ4v) is 2.93. The zero-order valence-corrected chi connectivity index (χ0v) is 13.1. The molecule has 24 heavy (non-hydrogen) atoms. The lowest BCUT2D eigenvalue weighted by Crippen LogP contribution is -2.19. The maximum Gasteiger partial charge on any atom is 0.271 e. The predicted octanol–water partition coefficient (Wildman–Crippen LogP) is 1.94. The molecule has 0 aliphatic carbocycles. The van der Waals surface area contributed by atoms with Crippen LogP contribution in [0.3, 0.4) is 0 Å². The van der Waals surface area contributed by atoms with Gasteiger partial charge < -0.3 is 5.10 Å². The SMILES string of the molecule is O=c1[nH][nH]c(CCc2ccccc2)c1C=C1C=c2ccccc2=N1. The molecule has 118 valence electrons. The number of H-pyrrole nitrogens is 2. The second-order valence-corrected chi connectivity index (χ2v) is 5.84. The molecule has 2 heterocycles. The first-order chi connectivity index (χ1) is 11.8. The third-order valence-corrected chi connectivity index (χ3v) is 4.19. The van der Waals surface area contributed by atoms with E-state index in [9.17, 15) is 4.79 Å². The van der Waals surface area contributed by atoms with E-state index >= 15 is 0 Å². The first-order valence-electron chi connectivity index (χ1n) is 8.00. The zero-order chi connectivity index (χ0) is 16.4. The number of hydrogen-bond acceptors (Lipinski definition) is 2. The van der Waals surface area contributed by atoms with Crippen LogP contribution in [0.1, 0.15) is 16.8 Å². The van der Waals surface area contributed by atoms with Gasteiger partial charge >= 0.3 is 0 Å². The van der Waals surface area contributed by atoms with Crippen molar-refractivity contribution in [2.24, 2.45) is 4.99 Å². The van der Waals surface area contributed by atoms with Crippen molar-refractivity contribution in [2.45, 2.75) is 12.8 Å². The minimum atomic E-state index is -0.106. The summed E-state index contributed by atoms with van der Waals surface area (Å²) in [5, 5.41) is 7.72. The molecule has 0 amide bonds. The van der Waals surface area contributed by atoms with Gasteiger partial charge in [0.2, 0.25) is 0 Å². The van der Waals surface area contributed by atoms with Crippen molar-refractivity contribution in [3.8, 4) is 0 Å². The topological polar surface area (TPSA) is 61.0 Å². The largest absolute Gasteiger partial charge is 0.302 e. The van der Waals surface area contributed by atoms with Crippen LogP contribution in [0, 0.1) is 0 Å². The molecular weight excluding hydrogens is 298 g/mol. The summed E-state index contributed by atoms with van der Waals surface area (Å²) in [6.45, 7) is 0. The quantitative estimate of drug-likeness (QED) is 0.759. The number of hydrogen-bond donors (Lipinski definition) is 2. The Morgan fingerprint density at radius 3 is 2.54 bits per heavy atom. The maximum absolute atomic E-state index is 12.1. The lowest BCUT2D eigenvalue weighted by Gasteiger charge is -2.01. The highest BCUT2D eigenvalue weighted by molar-refractivity contribution is 5.66. The van der Waals surface area contributed by atoms with Crippen LogP contribution in [0.25, 0.3) is 12.2 Å². The van der Waals surface area contributed by atoms with Crippen LogP contribution in [0.15, 0.2) is 70.1 Å². The van der Waals surface area contributed by atoms with Crippen molar-refractivity contribution in [3.05, 3.63) is 98.0 Å². The molecular formula is C20H17N3O. The van der Waals surface area contributed by atoms with Crippen LogP contribution in [0.2, 0.25) is 0 Å². The predicted molar refractivity (Wildman–Crippen MR) is 94.9 cm³/mol. The summed E-state index contributed by atoms with van der Waals surface area (Å²) in [4.78, 5) is 16.7. The number of aromatic amines is 2. The van der Waals surface area contributed by atoms with Crippen LogP contribution in [0.5, 0.6) is 0 Å². The first kappa shape index (κ1) is 14.5. The molecule has 0 radical (unpaired) electrons. The Bertz CT molecular complexity index is 1030. The molecule has 1 aromatic heterocycles. The van der Waals surface area contributed by atoms with Crippen LogP contribution < -0.4 is 16.1 Å². The van der Waals surface area contributed by atoms with Crippen molar-refractivity contribution in [1.29, 1.82) is 0 Å². The lowest BCUT2D eigenvalue weighted by atomic mass is 10.1. The van der Waals surface area contributed by atoms with Crippen LogP contribution in [0.4, 0.5) is 0 Å². The number of rotatable bonds is 4.